The van der Waals surface area contributed by atoms with Crippen LogP contribution in [0.25, 0.3) is 0 Å². The van der Waals surface area contributed by atoms with E-state index in [1.165, 1.54) is 12.4 Å². The Balaban J connectivity index is 2.25. The van der Waals surface area contributed by atoms with Crippen molar-refractivity contribution >= 4 is 33.2 Å². The quantitative estimate of drug-likeness (QED) is 0.743. The van der Waals surface area contributed by atoms with Crippen molar-refractivity contribution in [1.82, 2.24) is 10.2 Å². The van der Waals surface area contributed by atoms with Gasteiger partial charge in [-0.15, -0.1) is 0 Å². The Bertz CT molecular complexity index is 551. The number of aryl methyl sites for hydroxylation is 1. The number of nitrogens with zero attached hydrogens (tertiary/aromatic N) is 1. The monoisotopic (exact) mass is 294 g/mol. The number of aromatic nitrogens is 2. The number of halogens is 1. The lowest BCUT2D eigenvalue weighted by Gasteiger charge is -2.09. The number of carbonyl (C=O) groups is 1. The van der Waals surface area contributed by atoms with Gasteiger partial charge < -0.3 is 11.1 Å². The maximum atomic E-state index is 11.8. The number of nitrogens with one attached hydrogen (secondary N) is 2. The highest BCUT2D eigenvalue weighted by atomic mass is 79.9. The Morgan fingerprint density at radius 1 is 1.53 bits per heavy atom. The molecular weight excluding hydrogens is 284 g/mol. The molecule has 0 aliphatic rings. The molecule has 0 aliphatic carbocycles. The first-order valence-electron chi connectivity index (χ1n) is 4.93. The van der Waals surface area contributed by atoms with Crippen LogP contribution in [0.2, 0.25) is 0 Å². The number of nitrogens with two attached hydrogens (primary N) is 1. The standard InChI is InChI=1S/C11H11BrN4O/c1-6-2-8(12)10(3-9(6)13)16-11(17)7-4-14-15-5-7/h2-5H,13H2,1H3,(H,14,15)(H,16,17). The van der Waals surface area contributed by atoms with Gasteiger partial charge in [-0.25, -0.2) is 0 Å². The Labute approximate surface area is 107 Å². The molecular formula is C11H11BrN4O. The second-order valence-electron chi connectivity index (χ2n) is 3.63. The number of benzene rings is 1. The Morgan fingerprint density at radius 3 is 2.94 bits per heavy atom. The van der Waals surface area contributed by atoms with Crippen LogP contribution in [0.15, 0.2) is 29.0 Å². The molecule has 0 saturated heterocycles. The predicted octanol–water partition coefficient (Wildman–Crippen LogP) is 2.32. The first kappa shape index (κ1) is 11.7. The molecule has 1 aromatic carbocycles. The molecule has 0 unspecified atom stereocenters. The minimum absolute atomic E-state index is 0.234. The third kappa shape index (κ3) is 2.47. The normalized spacial score (nSPS) is 10.2. The highest BCUT2D eigenvalue weighted by molar-refractivity contribution is 9.10. The van der Waals surface area contributed by atoms with E-state index in [1.807, 2.05) is 13.0 Å². The fraction of sp³-hybridized carbons (Fsp3) is 0.0909. The summed E-state index contributed by atoms with van der Waals surface area (Å²) in [5.74, 6) is -0.234. The zero-order valence-corrected chi connectivity index (χ0v) is 10.7. The topological polar surface area (TPSA) is 83.8 Å². The first-order valence-corrected chi connectivity index (χ1v) is 5.73. The maximum absolute atomic E-state index is 11.8. The second kappa shape index (κ2) is 4.58. The Morgan fingerprint density at radius 2 is 2.29 bits per heavy atom. The van der Waals surface area contributed by atoms with Crippen molar-refractivity contribution in [3.05, 3.63) is 40.1 Å². The molecule has 1 aromatic heterocycles. The van der Waals surface area contributed by atoms with Gasteiger partial charge in [0.05, 0.1) is 17.4 Å². The summed E-state index contributed by atoms with van der Waals surface area (Å²) < 4.78 is 0.793. The number of amides is 1. The SMILES string of the molecule is Cc1cc(Br)c(NC(=O)c2cn[nH]c2)cc1N. The summed E-state index contributed by atoms with van der Waals surface area (Å²) in [5, 5.41) is 9.06. The average molecular weight is 295 g/mol. The van der Waals surface area contributed by atoms with Crippen LogP contribution in [-0.2, 0) is 0 Å². The highest BCUT2D eigenvalue weighted by Gasteiger charge is 2.10. The van der Waals surface area contributed by atoms with Gasteiger partial charge in [-0.1, -0.05) is 0 Å². The molecule has 1 amide bonds. The number of nitrogen functional groups attached to an aromatic ring is 1. The van der Waals surface area contributed by atoms with Crippen LogP contribution in [-0.4, -0.2) is 16.1 Å². The minimum Gasteiger partial charge on any atom is -0.398 e. The molecule has 4 N–H and O–H groups in total. The van der Waals surface area contributed by atoms with E-state index in [4.69, 9.17) is 5.73 Å². The van der Waals surface area contributed by atoms with E-state index in [-0.39, 0.29) is 5.91 Å². The van der Waals surface area contributed by atoms with Gasteiger partial charge >= 0.3 is 0 Å². The van der Waals surface area contributed by atoms with Crippen LogP contribution in [0, 0.1) is 6.92 Å². The van der Waals surface area contributed by atoms with Gasteiger partial charge in [-0.05, 0) is 40.5 Å². The van der Waals surface area contributed by atoms with Crippen molar-refractivity contribution in [2.75, 3.05) is 11.1 Å². The van der Waals surface area contributed by atoms with E-state index in [0.717, 1.165) is 10.0 Å². The lowest BCUT2D eigenvalue weighted by atomic mass is 10.2. The van der Waals surface area contributed by atoms with Crippen molar-refractivity contribution in [3.63, 3.8) is 0 Å². The average Bonchev–Trinajstić information content (AvgIpc) is 2.79. The number of hydrogen-bond donors (Lipinski definition) is 3. The van der Waals surface area contributed by atoms with Crippen molar-refractivity contribution in [2.45, 2.75) is 6.92 Å². The van der Waals surface area contributed by atoms with Crippen LogP contribution < -0.4 is 11.1 Å². The third-order valence-electron chi connectivity index (χ3n) is 2.36. The molecule has 17 heavy (non-hydrogen) atoms. The third-order valence-corrected chi connectivity index (χ3v) is 3.02. The Kier molecular flexibility index (Phi) is 3.14. The van der Waals surface area contributed by atoms with Gasteiger partial charge in [0.1, 0.15) is 0 Å². The molecule has 0 fully saturated rings. The van der Waals surface area contributed by atoms with E-state index in [2.05, 4.69) is 31.4 Å². The van der Waals surface area contributed by atoms with Gasteiger partial charge in [-0.2, -0.15) is 5.10 Å². The number of anilines is 2. The Hall–Kier alpha value is -1.82. The zero-order chi connectivity index (χ0) is 12.4. The fourth-order valence-electron chi connectivity index (χ4n) is 1.35. The second-order valence-corrected chi connectivity index (χ2v) is 4.48. The first-order chi connectivity index (χ1) is 8.08. The maximum Gasteiger partial charge on any atom is 0.258 e. The summed E-state index contributed by atoms with van der Waals surface area (Å²) in [6, 6.07) is 3.58. The van der Waals surface area contributed by atoms with Crippen LogP contribution in [0.4, 0.5) is 11.4 Å². The molecule has 0 radical (unpaired) electrons. The molecule has 5 nitrogen and oxygen atoms in total. The van der Waals surface area contributed by atoms with Crippen molar-refractivity contribution < 1.29 is 4.79 Å². The molecule has 0 atom stereocenters. The molecule has 6 heteroatoms. The number of carbonyl (C=O) groups excluding carboxylic acids is 1. The van der Waals surface area contributed by atoms with E-state index in [9.17, 15) is 4.79 Å². The predicted molar refractivity (Wildman–Crippen MR) is 69.8 cm³/mol. The van der Waals surface area contributed by atoms with Crippen molar-refractivity contribution in [3.8, 4) is 0 Å². The van der Waals surface area contributed by atoms with Crippen molar-refractivity contribution in [1.29, 1.82) is 0 Å². The molecule has 1 heterocycles. The molecule has 0 saturated carbocycles. The number of rotatable bonds is 2. The van der Waals surface area contributed by atoms with Crippen LogP contribution >= 0.6 is 15.9 Å². The minimum atomic E-state index is -0.234. The number of aromatic amines is 1. The molecule has 0 aliphatic heterocycles. The van der Waals surface area contributed by atoms with Crippen LogP contribution in [0.5, 0.6) is 0 Å². The largest absolute Gasteiger partial charge is 0.398 e. The van der Waals surface area contributed by atoms with Gasteiger partial charge in [0.25, 0.3) is 5.91 Å². The summed E-state index contributed by atoms with van der Waals surface area (Å²) >= 11 is 3.38. The van der Waals surface area contributed by atoms with Gasteiger partial charge in [0, 0.05) is 16.4 Å². The summed E-state index contributed by atoms with van der Waals surface area (Å²) in [5.41, 5.74) is 8.49. The van der Waals surface area contributed by atoms with Gasteiger partial charge in [0.2, 0.25) is 0 Å². The van der Waals surface area contributed by atoms with Crippen LogP contribution in [0.3, 0.4) is 0 Å². The molecule has 0 bridgehead atoms. The van der Waals surface area contributed by atoms with E-state index in [0.29, 0.717) is 16.9 Å². The zero-order valence-electron chi connectivity index (χ0n) is 9.12. The van der Waals surface area contributed by atoms with E-state index < -0.39 is 0 Å². The van der Waals surface area contributed by atoms with Crippen molar-refractivity contribution in [2.24, 2.45) is 0 Å². The number of H-pyrrole nitrogens is 1. The molecule has 2 aromatic rings. The lowest BCUT2D eigenvalue weighted by Crippen LogP contribution is -2.11. The fourth-order valence-corrected chi connectivity index (χ4v) is 1.91. The summed E-state index contributed by atoms with van der Waals surface area (Å²) in [7, 11) is 0. The molecule has 2 rings (SSSR count). The smallest absolute Gasteiger partial charge is 0.258 e. The highest BCUT2D eigenvalue weighted by Crippen LogP contribution is 2.28. The van der Waals surface area contributed by atoms with E-state index in [1.54, 1.807) is 6.07 Å². The molecule has 88 valence electrons. The van der Waals surface area contributed by atoms with Gasteiger partial charge in [0.15, 0.2) is 0 Å². The summed E-state index contributed by atoms with van der Waals surface area (Å²) in [6.45, 7) is 1.90. The summed E-state index contributed by atoms with van der Waals surface area (Å²) in [6.07, 6.45) is 2.99. The number of hydrogen-bond acceptors (Lipinski definition) is 3. The molecule has 0 spiro atoms. The van der Waals surface area contributed by atoms with Crippen LogP contribution in [0.1, 0.15) is 15.9 Å². The van der Waals surface area contributed by atoms with Gasteiger partial charge in [-0.3, -0.25) is 9.89 Å². The lowest BCUT2D eigenvalue weighted by molar-refractivity contribution is 0.102. The summed E-state index contributed by atoms with van der Waals surface area (Å²) in [4.78, 5) is 11.8. The van der Waals surface area contributed by atoms with E-state index >= 15 is 0 Å².